The Labute approximate surface area is 112 Å². The highest BCUT2D eigenvalue weighted by atomic mass is 16.5. The summed E-state index contributed by atoms with van der Waals surface area (Å²) in [5, 5.41) is 0. The molecule has 0 amide bonds. The third kappa shape index (κ3) is 3.20. The summed E-state index contributed by atoms with van der Waals surface area (Å²) in [5.41, 5.74) is 9.08. The van der Waals surface area contributed by atoms with Crippen LogP contribution in [-0.4, -0.2) is 24.9 Å². The van der Waals surface area contributed by atoms with Gasteiger partial charge in [0.25, 0.3) is 0 Å². The Bertz CT molecular complexity index is 496. The van der Waals surface area contributed by atoms with Crippen molar-refractivity contribution >= 4 is 11.8 Å². The molecule has 0 bridgehead atoms. The molecule has 4 heteroatoms. The van der Waals surface area contributed by atoms with Gasteiger partial charge in [-0.2, -0.15) is 0 Å². The van der Waals surface area contributed by atoms with Gasteiger partial charge in [-0.25, -0.2) is 0 Å². The van der Waals surface area contributed by atoms with Crippen LogP contribution in [0.3, 0.4) is 0 Å². The van der Waals surface area contributed by atoms with E-state index in [1.807, 2.05) is 18.2 Å². The van der Waals surface area contributed by atoms with Crippen molar-refractivity contribution in [3.8, 4) is 0 Å². The number of esters is 1. The highest BCUT2D eigenvalue weighted by molar-refractivity contribution is 6.00. The van der Waals surface area contributed by atoms with Crippen molar-refractivity contribution in [2.75, 3.05) is 7.11 Å². The Hall–Kier alpha value is -1.68. The van der Waals surface area contributed by atoms with E-state index >= 15 is 0 Å². The molecule has 0 aliphatic heterocycles. The van der Waals surface area contributed by atoms with E-state index in [1.165, 1.54) is 18.2 Å². The Kier molecular flexibility index (Phi) is 4.32. The van der Waals surface area contributed by atoms with Gasteiger partial charge in [-0.05, 0) is 42.9 Å². The van der Waals surface area contributed by atoms with Crippen LogP contribution in [0, 0.1) is 0 Å². The lowest BCUT2D eigenvalue weighted by atomic mass is 9.98. The molecule has 2 rings (SSSR count). The Morgan fingerprint density at radius 1 is 1.32 bits per heavy atom. The first-order valence-corrected chi connectivity index (χ1v) is 6.60. The third-order valence-corrected chi connectivity index (χ3v) is 3.61. The molecule has 0 aromatic heterocycles. The SMILES string of the molecule is COC(=O)CCC(N)C(=O)c1ccc2c(c1)CCC2. The Balaban J connectivity index is 2.01. The third-order valence-electron chi connectivity index (χ3n) is 3.61. The molecule has 4 nitrogen and oxygen atoms in total. The summed E-state index contributed by atoms with van der Waals surface area (Å²) in [6.45, 7) is 0. The number of aryl methyl sites for hydroxylation is 2. The molecule has 1 atom stereocenters. The van der Waals surface area contributed by atoms with Gasteiger partial charge in [0.2, 0.25) is 0 Å². The zero-order chi connectivity index (χ0) is 13.8. The van der Waals surface area contributed by atoms with E-state index < -0.39 is 6.04 Å². The second-order valence-corrected chi connectivity index (χ2v) is 4.92. The molecule has 2 N–H and O–H groups in total. The van der Waals surface area contributed by atoms with Crippen LogP contribution >= 0.6 is 0 Å². The van der Waals surface area contributed by atoms with Crippen LogP contribution in [0.15, 0.2) is 18.2 Å². The number of nitrogens with two attached hydrogens (primary N) is 1. The Morgan fingerprint density at radius 3 is 2.79 bits per heavy atom. The molecular weight excluding hydrogens is 242 g/mol. The maximum Gasteiger partial charge on any atom is 0.305 e. The zero-order valence-corrected chi connectivity index (χ0v) is 11.1. The highest BCUT2D eigenvalue weighted by Gasteiger charge is 2.19. The molecule has 0 fully saturated rings. The van der Waals surface area contributed by atoms with E-state index in [0.717, 1.165) is 19.3 Å². The van der Waals surface area contributed by atoms with Gasteiger partial charge in [0.1, 0.15) is 0 Å². The maximum absolute atomic E-state index is 12.2. The summed E-state index contributed by atoms with van der Waals surface area (Å²) >= 11 is 0. The van der Waals surface area contributed by atoms with Gasteiger partial charge in [-0.15, -0.1) is 0 Å². The average Bonchev–Trinajstić information content (AvgIpc) is 2.90. The average molecular weight is 261 g/mol. The Morgan fingerprint density at radius 2 is 2.05 bits per heavy atom. The van der Waals surface area contributed by atoms with Gasteiger partial charge in [0.15, 0.2) is 5.78 Å². The number of Topliss-reactive ketones (excluding diaryl/α,β-unsaturated/α-hetero) is 1. The van der Waals surface area contributed by atoms with Crippen LogP contribution in [0.4, 0.5) is 0 Å². The van der Waals surface area contributed by atoms with Gasteiger partial charge >= 0.3 is 5.97 Å². The predicted octanol–water partition coefficient (Wildman–Crippen LogP) is 1.64. The largest absolute Gasteiger partial charge is 0.469 e. The quantitative estimate of drug-likeness (QED) is 0.646. The van der Waals surface area contributed by atoms with Crippen molar-refractivity contribution in [1.29, 1.82) is 0 Å². The van der Waals surface area contributed by atoms with Gasteiger partial charge in [0, 0.05) is 12.0 Å². The van der Waals surface area contributed by atoms with Crippen molar-refractivity contribution in [1.82, 2.24) is 0 Å². The summed E-state index contributed by atoms with van der Waals surface area (Å²) in [6.07, 6.45) is 3.78. The highest BCUT2D eigenvalue weighted by Crippen LogP contribution is 2.23. The second kappa shape index (κ2) is 5.97. The van der Waals surface area contributed by atoms with E-state index in [1.54, 1.807) is 0 Å². The molecule has 1 aromatic rings. The number of carbonyl (C=O) groups excluding carboxylic acids is 2. The monoisotopic (exact) mass is 261 g/mol. The number of rotatable bonds is 5. The number of hydrogen-bond donors (Lipinski definition) is 1. The lowest BCUT2D eigenvalue weighted by Gasteiger charge is -2.11. The number of fused-ring (bicyclic) bond motifs is 1. The number of methoxy groups -OCH3 is 1. The molecule has 1 aliphatic rings. The number of hydrogen-bond acceptors (Lipinski definition) is 4. The standard InChI is InChI=1S/C15H19NO3/c1-19-14(17)8-7-13(16)15(18)12-6-5-10-3-2-4-11(10)9-12/h5-6,9,13H,2-4,7-8,16H2,1H3. The van der Waals surface area contributed by atoms with E-state index in [0.29, 0.717) is 12.0 Å². The van der Waals surface area contributed by atoms with E-state index in [2.05, 4.69) is 4.74 Å². The predicted molar refractivity (Wildman–Crippen MR) is 72.0 cm³/mol. The van der Waals surface area contributed by atoms with Gasteiger partial charge in [-0.3, -0.25) is 9.59 Å². The molecular formula is C15H19NO3. The van der Waals surface area contributed by atoms with Crippen molar-refractivity contribution < 1.29 is 14.3 Å². The van der Waals surface area contributed by atoms with Crippen molar-refractivity contribution in [3.05, 3.63) is 34.9 Å². The first-order valence-electron chi connectivity index (χ1n) is 6.60. The number of ketones is 1. The fourth-order valence-electron chi connectivity index (χ4n) is 2.45. The summed E-state index contributed by atoms with van der Waals surface area (Å²) in [7, 11) is 1.33. The van der Waals surface area contributed by atoms with Gasteiger partial charge in [-0.1, -0.05) is 12.1 Å². The fourth-order valence-corrected chi connectivity index (χ4v) is 2.45. The molecule has 1 aromatic carbocycles. The van der Waals surface area contributed by atoms with E-state index in [9.17, 15) is 9.59 Å². The summed E-state index contributed by atoms with van der Waals surface area (Å²) < 4.78 is 4.54. The van der Waals surface area contributed by atoms with Gasteiger partial charge in [0.05, 0.1) is 13.2 Å². The van der Waals surface area contributed by atoms with Crippen LogP contribution in [0.5, 0.6) is 0 Å². The van der Waals surface area contributed by atoms with Crippen molar-refractivity contribution in [2.45, 2.75) is 38.1 Å². The number of carbonyl (C=O) groups is 2. The molecule has 19 heavy (non-hydrogen) atoms. The first-order chi connectivity index (χ1) is 9.11. The molecule has 0 saturated heterocycles. The second-order valence-electron chi connectivity index (χ2n) is 4.92. The topological polar surface area (TPSA) is 69.4 Å². The molecule has 102 valence electrons. The molecule has 0 heterocycles. The maximum atomic E-state index is 12.2. The number of benzene rings is 1. The summed E-state index contributed by atoms with van der Waals surface area (Å²) in [4.78, 5) is 23.2. The smallest absolute Gasteiger partial charge is 0.305 e. The number of ether oxygens (including phenoxy) is 1. The molecule has 0 radical (unpaired) electrons. The van der Waals surface area contributed by atoms with Crippen molar-refractivity contribution in [2.24, 2.45) is 5.73 Å². The summed E-state index contributed by atoms with van der Waals surface area (Å²) in [6, 6.07) is 5.16. The first kappa shape index (κ1) is 13.7. The van der Waals surface area contributed by atoms with Crippen LogP contribution in [-0.2, 0) is 22.4 Å². The lowest BCUT2D eigenvalue weighted by Crippen LogP contribution is -2.31. The molecule has 0 spiro atoms. The minimum Gasteiger partial charge on any atom is -0.469 e. The van der Waals surface area contributed by atoms with Crippen LogP contribution in [0.25, 0.3) is 0 Å². The van der Waals surface area contributed by atoms with Crippen LogP contribution in [0.2, 0.25) is 0 Å². The van der Waals surface area contributed by atoms with Crippen LogP contribution in [0.1, 0.15) is 40.7 Å². The minimum atomic E-state index is -0.640. The normalized spacial score (nSPS) is 14.8. The lowest BCUT2D eigenvalue weighted by molar-refractivity contribution is -0.140. The van der Waals surface area contributed by atoms with E-state index in [4.69, 9.17) is 5.73 Å². The van der Waals surface area contributed by atoms with E-state index in [-0.39, 0.29) is 18.2 Å². The minimum absolute atomic E-state index is 0.0985. The van der Waals surface area contributed by atoms with Gasteiger partial charge < -0.3 is 10.5 Å². The van der Waals surface area contributed by atoms with Crippen LogP contribution < -0.4 is 5.73 Å². The molecule has 1 unspecified atom stereocenters. The fraction of sp³-hybridized carbons (Fsp3) is 0.467. The summed E-state index contributed by atoms with van der Waals surface area (Å²) in [5.74, 6) is -0.434. The molecule has 0 saturated carbocycles. The zero-order valence-electron chi connectivity index (χ0n) is 11.1. The van der Waals surface area contributed by atoms with Crippen molar-refractivity contribution in [3.63, 3.8) is 0 Å². The molecule has 1 aliphatic carbocycles.